The molecule has 2 aromatic rings. The second-order valence-corrected chi connectivity index (χ2v) is 6.84. The first-order valence-electron chi connectivity index (χ1n) is 8.65. The number of amidine groups is 1. The maximum Gasteiger partial charge on any atom is 0.283 e. The number of halogens is 1. The molecule has 26 heavy (non-hydrogen) atoms. The molecule has 1 spiro atoms. The van der Waals surface area contributed by atoms with Crippen molar-refractivity contribution in [1.82, 2.24) is 4.98 Å². The molecule has 3 aliphatic rings. The number of ether oxygens (including phenoxy) is 3. The van der Waals surface area contributed by atoms with Crippen LogP contribution >= 0.6 is 0 Å². The van der Waals surface area contributed by atoms with Gasteiger partial charge in [0.15, 0.2) is 0 Å². The summed E-state index contributed by atoms with van der Waals surface area (Å²) < 4.78 is 31.6. The van der Waals surface area contributed by atoms with E-state index in [4.69, 9.17) is 19.9 Å². The average Bonchev–Trinajstić information content (AvgIpc) is 3.05. The topological polar surface area (TPSA) is 79.0 Å². The van der Waals surface area contributed by atoms with Crippen LogP contribution in [0.3, 0.4) is 0 Å². The first-order valence-corrected chi connectivity index (χ1v) is 8.65. The molecule has 3 aliphatic heterocycles. The quantitative estimate of drug-likeness (QED) is 0.794. The lowest BCUT2D eigenvalue weighted by Gasteiger charge is -2.45. The van der Waals surface area contributed by atoms with Gasteiger partial charge in [0.2, 0.25) is 5.95 Å². The van der Waals surface area contributed by atoms with Gasteiger partial charge in [0.25, 0.3) is 6.02 Å². The van der Waals surface area contributed by atoms with Gasteiger partial charge in [-0.15, -0.1) is 0 Å². The Morgan fingerprint density at radius 3 is 3.00 bits per heavy atom. The van der Waals surface area contributed by atoms with E-state index in [1.54, 1.807) is 12.1 Å². The van der Waals surface area contributed by atoms with E-state index >= 15 is 0 Å². The van der Waals surface area contributed by atoms with Gasteiger partial charge < -0.3 is 19.9 Å². The van der Waals surface area contributed by atoms with Crippen LogP contribution in [0.25, 0.3) is 11.1 Å². The highest BCUT2D eigenvalue weighted by molar-refractivity contribution is 5.75. The van der Waals surface area contributed by atoms with Crippen LogP contribution in [-0.2, 0) is 15.0 Å². The molecule has 1 aromatic carbocycles. The van der Waals surface area contributed by atoms with E-state index in [0.717, 1.165) is 17.7 Å². The number of hydrogen-bond donors (Lipinski definition) is 1. The molecule has 5 rings (SSSR count). The van der Waals surface area contributed by atoms with Crippen molar-refractivity contribution in [3.63, 3.8) is 0 Å². The van der Waals surface area contributed by atoms with E-state index in [2.05, 4.69) is 9.98 Å². The van der Waals surface area contributed by atoms with E-state index in [0.29, 0.717) is 30.9 Å². The molecule has 2 N–H and O–H groups in total. The standard InChI is InChI=1S/C19H18FN3O3/c20-17-12(2-1-6-22-17)11-3-4-15-13(8-11)19(10-25-18(21)23-19)14-9-24-7-5-16(14)26-15/h1-4,6,8,14,16H,5,7,9-10H2,(H2,21,23)/t14-,16-,19+/m1/s1. The Morgan fingerprint density at radius 2 is 2.19 bits per heavy atom. The molecule has 3 atom stereocenters. The Bertz CT molecular complexity index is 903. The predicted molar refractivity (Wildman–Crippen MR) is 92.2 cm³/mol. The fraction of sp³-hybridized carbons (Fsp3) is 0.368. The molecule has 1 aromatic heterocycles. The lowest BCUT2D eigenvalue weighted by Crippen LogP contribution is -2.52. The van der Waals surface area contributed by atoms with Gasteiger partial charge in [0.1, 0.15) is 24.0 Å². The highest BCUT2D eigenvalue weighted by Gasteiger charge is 2.54. The summed E-state index contributed by atoms with van der Waals surface area (Å²) in [4.78, 5) is 8.41. The van der Waals surface area contributed by atoms with Crippen LogP contribution in [-0.4, -0.2) is 36.9 Å². The summed E-state index contributed by atoms with van der Waals surface area (Å²) in [6.07, 6.45) is 2.22. The number of hydrogen-bond acceptors (Lipinski definition) is 6. The molecule has 0 radical (unpaired) electrons. The molecule has 0 unspecified atom stereocenters. The number of benzene rings is 1. The van der Waals surface area contributed by atoms with E-state index < -0.39 is 11.5 Å². The van der Waals surface area contributed by atoms with Crippen molar-refractivity contribution in [1.29, 1.82) is 0 Å². The second kappa shape index (κ2) is 5.67. The minimum atomic E-state index is -0.669. The Balaban J connectivity index is 1.69. The van der Waals surface area contributed by atoms with Crippen molar-refractivity contribution in [2.24, 2.45) is 16.6 Å². The van der Waals surface area contributed by atoms with Crippen LogP contribution in [0, 0.1) is 11.9 Å². The number of nitrogens with zero attached hydrogens (tertiary/aromatic N) is 2. The molecule has 4 heterocycles. The maximum absolute atomic E-state index is 14.2. The highest BCUT2D eigenvalue weighted by atomic mass is 19.1. The minimum absolute atomic E-state index is 0.00112. The molecule has 7 heteroatoms. The Morgan fingerprint density at radius 1 is 1.27 bits per heavy atom. The zero-order valence-electron chi connectivity index (χ0n) is 14.0. The number of rotatable bonds is 1. The van der Waals surface area contributed by atoms with E-state index in [9.17, 15) is 4.39 Å². The van der Waals surface area contributed by atoms with Crippen molar-refractivity contribution in [2.45, 2.75) is 18.1 Å². The molecule has 1 saturated heterocycles. The first-order chi connectivity index (χ1) is 12.7. The third-order valence-corrected chi connectivity index (χ3v) is 5.45. The normalized spacial score (nSPS) is 29.3. The van der Waals surface area contributed by atoms with Gasteiger partial charge in [-0.1, -0.05) is 6.07 Å². The van der Waals surface area contributed by atoms with E-state index in [1.165, 1.54) is 6.20 Å². The number of nitrogens with two attached hydrogens (primary N) is 1. The third-order valence-electron chi connectivity index (χ3n) is 5.45. The molecular weight excluding hydrogens is 337 g/mol. The van der Waals surface area contributed by atoms with Crippen molar-refractivity contribution in [2.75, 3.05) is 19.8 Å². The molecule has 0 amide bonds. The fourth-order valence-electron chi connectivity index (χ4n) is 4.18. The monoisotopic (exact) mass is 355 g/mol. The van der Waals surface area contributed by atoms with Crippen LogP contribution in [0.4, 0.5) is 4.39 Å². The third kappa shape index (κ3) is 2.20. The summed E-state index contributed by atoms with van der Waals surface area (Å²) >= 11 is 0. The van der Waals surface area contributed by atoms with Crippen molar-refractivity contribution < 1.29 is 18.6 Å². The van der Waals surface area contributed by atoms with Crippen LogP contribution < -0.4 is 10.5 Å². The van der Waals surface area contributed by atoms with Gasteiger partial charge in [-0.05, 0) is 29.8 Å². The molecule has 0 saturated carbocycles. The number of pyridine rings is 1. The zero-order chi connectivity index (χ0) is 17.7. The average molecular weight is 355 g/mol. The lowest BCUT2D eigenvalue weighted by atomic mass is 9.72. The van der Waals surface area contributed by atoms with Crippen LogP contribution in [0.5, 0.6) is 5.75 Å². The van der Waals surface area contributed by atoms with Crippen molar-refractivity contribution >= 4 is 6.02 Å². The van der Waals surface area contributed by atoms with Gasteiger partial charge in [0, 0.05) is 23.7 Å². The smallest absolute Gasteiger partial charge is 0.283 e. The van der Waals surface area contributed by atoms with Gasteiger partial charge in [-0.3, -0.25) is 0 Å². The van der Waals surface area contributed by atoms with Gasteiger partial charge in [-0.2, -0.15) is 4.39 Å². The van der Waals surface area contributed by atoms with Crippen LogP contribution in [0.15, 0.2) is 41.5 Å². The number of fused-ring (bicyclic) bond motifs is 4. The summed E-state index contributed by atoms with van der Waals surface area (Å²) in [6.45, 7) is 1.51. The molecule has 1 fully saturated rings. The Hall–Kier alpha value is -2.67. The molecule has 0 aliphatic carbocycles. The van der Waals surface area contributed by atoms with Gasteiger partial charge >= 0.3 is 0 Å². The van der Waals surface area contributed by atoms with Gasteiger partial charge in [-0.25, -0.2) is 9.98 Å². The summed E-state index contributed by atoms with van der Waals surface area (Å²) in [5, 5.41) is 0. The van der Waals surface area contributed by atoms with E-state index in [-0.39, 0.29) is 18.0 Å². The minimum Gasteiger partial charge on any atom is -0.489 e. The number of aliphatic imine (C=N–C) groups is 1. The Labute approximate surface area is 149 Å². The molecule has 134 valence electrons. The lowest BCUT2D eigenvalue weighted by molar-refractivity contribution is -0.0726. The summed E-state index contributed by atoms with van der Waals surface area (Å²) in [5.74, 6) is 0.227. The van der Waals surface area contributed by atoms with Crippen molar-refractivity contribution in [3.05, 3.63) is 48.0 Å². The van der Waals surface area contributed by atoms with Crippen molar-refractivity contribution in [3.8, 4) is 16.9 Å². The molecule has 0 bridgehead atoms. The summed E-state index contributed by atoms with van der Waals surface area (Å²) in [6, 6.07) is 9.20. The maximum atomic E-state index is 14.2. The highest BCUT2D eigenvalue weighted by Crippen LogP contribution is 2.50. The first kappa shape index (κ1) is 15.6. The van der Waals surface area contributed by atoms with Gasteiger partial charge in [0.05, 0.1) is 19.1 Å². The largest absolute Gasteiger partial charge is 0.489 e. The predicted octanol–water partition coefficient (Wildman–Crippen LogP) is 2.23. The second-order valence-electron chi connectivity index (χ2n) is 6.84. The zero-order valence-corrected chi connectivity index (χ0v) is 14.0. The summed E-state index contributed by atoms with van der Waals surface area (Å²) in [5.41, 5.74) is 7.20. The molecular formula is C19H18FN3O3. The summed E-state index contributed by atoms with van der Waals surface area (Å²) in [7, 11) is 0. The van der Waals surface area contributed by atoms with Crippen LogP contribution in [0.2, 0.25) is 0 Å². The molecule has 6 nitrogen and oxygen atoms in total. The van der Waals surface area contributed by atoms with Crippen LogP contribution in [0.1, 0.15) is 12.0 Å². The fourth-order valence-corrected chi connectivity index (χ4v) is 4.18. The Kier molecular flexibility index (Phi) is 3.40. The number of aromatic nitrogens is 1. The SMILES string of the molecule is NC1=N[C@@]2(CO1)c1cc(-c3cccnc3F)ccc1O[C@@H]1CCOC[C@H]12. The van der Waals surface area contributed by atoms with E-state index in [1.807, 2.05) is 18.2 Å².